The van der Waals surface area contributed by atoms with Crippen LogP contribution in [0.15, 0.2) is 54.7 Å². The number of pyridine rings is 1. The molecule has 8 nitrogen and oxygen atoms in total. The lowest BCUT2D eigenvalue weighted by Gasteiger charge is -2.27. The molecule has 2 heterocycles. The summed E-state index contributed by atoms with van der Waals surface area (Å²) in [6.45, 7) is 5.60. The summed E-state index contributed by atoms with van der Waals surface area (Å²) < 4.78 is 95.0. The summed E-state index contributed by atoms with van der Waals surface area (Å²) in [5, 5.41) is 2.18. The zero-order valence-electron chi connectivity index (χ0n) is 24.6. The number of ether oxygens (including phenoxy) is 2. The number of nitrogens with one attached hydrogen (secondary N) is 1. The molecule has 1 aliphatic rings. The van der Waals surface area contributed by atoms with Crippen molar-refractivity contribution in [2.24, 2.45) is 0 Å². The average molecular weight is 638 g/mol. The van der Waals surface area contributed by atoms with Gasteiger partial charge >= 0.3 is 18.2 Å². The number of halogens is 6. The van der Waals surface area contributed by atoms with Crippen LogP contribution in [0, 0.1) is 5.82 Å². The lowest BCUT2D eigenvalue weighted by atomic mass is 9.99. The van der Waals surface area contributed by atoms with Crippen LogP contribution >= 0.6 is 0 Å². The van der Waals surface area contributed by atoms with Gasteiger partial charge in [-0.15, -0.1) is 0 Å². The molecule has 0 spiro atoms. The van der Waals surface area contributed by atoms with Gasteiger partial charge in [0.05, 0.1) is 35.7 Å². The Kier molecular flexibility index (Phi) is 9.17. The zero-order chi connectivity index (χ0) is 33.3. The van der Waals surface area contributed by atoms with Crippen molar-refractivity contribution >= 4 is 23.7 Å². The third-order valence-electron chi connectivity index (χ3n) is 6.66. The standard InChI is InChI=1S/C31H29F6N3O5/c1-5-44-27(42)20-12-25-21(13-22(20)32)30(33,34)14-24(39-28(43)45-29(2,3)4)26(41)40(25)16-17-6-8-18(9-7-17)23-11-10-19(15-38-23)31(35,36)37/h6-13,15,24H,5,14,16H2,1-4H3,(H,39,43)/t24-/m1/s1. The fourth-order valence-electron chi connectivity index (χ4n) is 4.63. The van der Waals surface area contributed by atoms with E-state index in [0.29, 0.717) is 23.4 Å². The number of rotatable bonds is 6. The third kappa shape index (κ3) is 7.73. The number of carbonyl (C=O) groups is 3. The lowest BCUT2D eigenvalue weighted by molar-refractivity contribution is -0.137. The van der Waals surface area contributed by atoms with Crippen molar-refractivity contribution in [3.63, 3.8) is 0 Å². The van der Waals surface area contributed by atoms with Crippen molar-refractivity contribution in [3.8, 4) is 11.3 Å². The highest BCUT2D eigenvalue weighted by atomic mass is 19.4. The van der Waals surface area contributed by atoms with Gasteiger partial charge in [-0.1, -0.05) is 24.3 Å². The molecule has 1 N–H and O–H groups in total. The second kappa shape index (κ2) is 12.4. The summed E-state index contributed by atoms with van der Waals surface area (Å²) in [5.74, 6) is -7.25. The maximum Gasteiger partial charge on any atom is 0.417 e. The Morgan fingerprint density at radius 3 is 2.29 bits per heavy atom. The van der Waals surface area contributed by atoms with E-state index in [1.807, 2.05) is 0 Å². The molecule has 45 heavy (non-hydrogen) atoms. The topological polar surface area (TPSA) is 97.8 Å². The van der Waals surface area contributed by atoms with Crippen molar-refractivity contribution in [1.82, 2.24) is 10.3 Å². The molecule has 0 unspecified atom stereocenters. The van der Waals surface area contributed by atoms with Gasteiger partial charge in [0.25, 0.3) is 5.92 Å². The van der Waals surface area contributed by atoms with E-state index in [1.165, 1.54) is 37.3 Å². The number of hydrogen-bond donors (Lipinski definition) is 1. The van der Waals surface area contributed by atoms with Crippen LogP contribution in [-0.4, -0.2) is 41.2 Å². The van der Waals surface area contributed by atoms with Gasteiger partial charge in [-0.3, -0.25) is 9.78 Å². The van der Waals surface area contributed by atoms with Gasteiger partial charge in [0, 0.05) is 23.7 Å². The van der Waals surface area contributed by atoms with Gasteiger partial charge in [0.1, 0.15) is 17.5 Å². The molecule has 1 atom stereocenters. The molecule has 2 amide bonds. The number of aromatic nitrogens is 1. The predicted molar refractivity (Wildman–Crippen MR) is 150 cm³/mol. The van der Waals surface area contributed by atoms with Crippen LogP contribution in [0.4, 0.5) is 36.8 Å². The monoisotopic (exact) mass is 637 g/mol. The number of hydrogen-bond acceptors (Lipinski definition) is 6. The lowest BCUT2D eigenvalue weighted by Crippen LogP contribution is -2.49. The summed E-state index contributed by atoms with van der Waals surface area (Å²) in [7, 11) is 0. The van der Waals surface area contributed by atoms with E-state index in [4.69, 9.17) is 9.47 Å². The molecule has 0 saturated carbocycles. The number of benzene rings is 2. The second-order valence-corrected chi connectivity index (χ2v) is 11.2. The minimum absolute atomic E-state index is 0.129. The summed E-state index contributed by atoms with van der Waals surface area (Å²) >= 11 is 0. The number of esters is 1. The molecule has 0 fully saturated rings. The number of alkyl halides is 5. The maximum absolute atomic E-state index is 15.7. The van der Waals surface area contributed by atoms with E-state index >= 15 is 8.78 Å². The Labute approximate surface area is 254 Å². The molecule has 1 aromatic heterocycles. The van der Waals surface area contributed by atoms with Crippen LogP contribution < -0.4 is 10.2 Å². The van der Waals surface area contributed by atoms with Gasteiger partial charge in [-0.25, -0.2) is 22.8 Å². The van der Waals surface area contributed by atoms with Crippen LogP contribution in [0.5, 0.6) is 0 Å². The van der Waals surface area contributed by atoms with Crippen LogP contribution in [0.3, 0.4) is 0 Å². The predicted octanol–water partition coefficient (Wildman–Crippen LogP) is 7.01. The fraction of sp³-hybridized carbons (Fsp3) is 0.355. The largest absolute Gasteiger partial charge is 0.462 e. The maximum atomic E-state index is 15.7. The average Bonchev–Trinajstić information content (AvgIpc) is 3.00. The Morgan fingerprint density at radius 2 is 1.73 bits per heavy atom. The molecule has 3 aromatic rings. The summed E-state index contributed by atoms with van der Waals surface area (Å²) in [4.78, 5) is 43.5. The number of fused-ring (bicyclic) bond motifs is 1. The number of carbonyl (C=O) groups excluding carboxylic acids is 3. The smallest absolute Gasteiger partial charge is 0.417 e. The molecule has 2 aromatic carbocycles. The molecule has 0 radical (unpaired) electrons. The highest BCUT2D eigenvalue weighted by Gasteiger charge is 2.47. The van der Waals surface area contributed by atoms with E-state index in [9.17, 15) is 31.9 Å². The summed E-state index contributed by atoms with van der Waals surface area (Å²) in [6.07, 6.45) is -6.23. The molecular formula is C31H29F6N3O5. The van der Waals surface area contributed by atoms with Gasteiger partial charge in [-0.2, -0.15) is 13.2 Å². The fourth-order valence-corrected chi connectivity index (χ4v) is 4.63. The Bertz CT molecular complexity index is 1590. The first-order chi connectivity index (χ1) is 20.9. The van der Waals surface area contributed by atoms with Gasteiger partial charge < -0.3 is 19.7 Å². The number of anilines is 1. The summed E-state index contributed by atoms with van der Waals surface area (Å²) in [6, 6.07) is 7.54. The van der Waals surface area contributed by atoms with Crippen molar-refractivity contribution in [2.75, 3.05) is 11.5 Å². The molecule has 0 bridgehead atoms. The first-order valence-electron chi connectivity index (χ1n) is 13.7. The van der Waals surface area contributed by atoms with Crippen molar-refractivity contribution < 1.29 is 50.2 Å². The number of alkyl carbamates (subject to hydrolysis) is 1. The molecular weight excluding hydrogens is 608 g/mol. The molecule has 0 saturated heterocycles. The Hall–Kier alpha value is -4.62. The highest BCUT2D eigenvalue weighted by Crippen LogP contribution is 2.44. The van der Waals surface area contributed by atoms with Gasteiger partial charge in [-0.05, 0) is 57.5 Å². The molecule has 14 heteroatoms. The number of amides is 2. The minimum atomic E-state index is -4.56. The second-order valence-electron chi connectivity index (χ2n) is 11.2. The van der Waals surface area contributed by atoms with E-state index in [-0.39, 0.29) is 18.8 Å². The first-order valence-corrected chi connectivity index (χ1v) is 13.7. The minimum Gasteiger partial charge on any atom is -0.462 e. The third-order valence-corrected chi connectivity index (χ3v) is 6.66. The van der Waals surface area contributed by atoms with E-state index in [0.717, 1.165) is 17.0 Å². The van der Waals surface area contributed by atoms with Crippen molar-refractivity contribution in [3.05, 3.63) is 82.8 Å². The number of nitrogens with zero attached hydrogens (tertiary/aromatic N) is 2. The van der Waals surface area contributed by atoms with Crippen LogP contribution in [0.2, 0.25) is 0 Å². The quantitative estimate of drug-likeness (QED) is 0.231. The Morgan fingerprint density at radius 1 is 1.07 bits per heavy atom. The van der Waals surface area contributed by atoms with Crippen LogP contribution in [-0.2, 0) is 32.9 Å². The molecule has 0 aliphatic carbocycles. The molecule has 240 valence electrons. The van der Waals surface area contributed by atoms with Crippen molar-refractivity contribution in [2.45, 2.75) is 64.4 Å². The van der Waals surface area contributed by atoms with E-state index < -0.39 is 76.3 Å². The normalized spacial score (nSPS) is 16.4. The van der Waals surface area contributed by atoms with Gasteiger partial charge in [0.2, 0.25) is 5.91 Å². The van der Waals surface area contributed by atoms with Crippen LogP contribution in [0.25, 0.3) is 11.3 Å². The summed E-state index contributed by atoms with van der Waals surface area (Å²) in [5.41, 5.74) is -2.95. The van der Waals surface area contributed by atoms with Crippen LogP contribution in [0.1, 0.15) is 61.2 Å². The zero-order valence-corrected chi connectivity index (χ0v) is 24.6. The van der Waals surface area contributed by atoms with E-state index in [1.54, 1.807) is 20.8 Å². The van der Waals surface area contributed by atoms with E-state index in [2.05, 4.69) is 10.3 Å². The first kappa shape index (κ1) is 33.3. The Balaban J connectivity index is 1.74. The highest BCUT2D eigenvalue weighted by molar-refractivity contribution is 6.02. The SMILES string of the molecule is CCOC(=O)c1cc2c(cc1F)C(F)(F)C[C@@H](NC(=O)OC(C)(C)C)C(=O)N2Cc1ccc(-c2ccc(C(F)(F)F)cn2)cc1. The molecule has 1 aliphatic heterocycles. The molecule has 4 rings (SSSR count). The van der Waals surface area contributed by atoms with Gasteiger partial charge in [0.15, 0.2) is 0 Å². The van der Waals surface area contributed by atoms with Crippen molar-refractivity contribution in [1.29, 1.82) is 0 Å².